The molecule has 0 atom stereocenters. The number of aromatic nitrogens is 2. The Bertz CT molecular complexity index is 1490. The second-order valence-corrected chi connectivity index (χ2v) is 9.65. The van der Waals surface area contributed by atoms with Crippen molar-refractivity contribution in [1.82, 2.24) is 14.5 Å². The van der Waals surface area contributed by atoms with Crippen molar-refractivity contribution in [2.45, 2.75) is 38.6 Å². The first-order chi connectivity index (χ1) is 16.1. The minimum absolute atomic E-state index is 0.0890. The molecule has 0 bridgehead atoms. The predicted molar refractivity (Wildman–Crippen MR) is 134 cm³/mol. The monoisotopic (exact) mass is 439 g/mol. The Labute approximate surface area is 193 Å². The first kappa shape index (κ1) is 20.3. The highest BCUT2D eigenvalue weighted by atomic mass is 16.1. The summed E-state index contributed by atoms with van der Waals surface area (Å²) in [5, 5.41) is 11.8. The number of anilines is 1. The second-order valence-electron chi connectivity index (χ2n) is 9.65. The van der Waals surface area contributed by atoms with E-state index in [-0.39, 0.29) is 5.43 Å². The molecule has 2 aliphatic rings. The number of H-pyrrole nitrogens is 1. The molecule has 1 aliphatic carbocycles. The molecule has 6 heteroatoms. The summed E-state index contributed by atoms with van der Waals surface area (Å²) in [7, 11) is 2.18. The molecular formula is C27H29N5O. The Morgan fingerprint density at radius 3 is 2.55 bits per heavy atom. The Kier molecular flexibility index (Phi) is 4.70. The van der Waals surface area contributed by atoms with Crippen molar-refractivity contribution in [2.24, 2.45) is 0 Å². The quantitative estimate of drug-likeness (QED) is 0.509. The average Bonchev–Trinajstić information content (AvgIpc) is 3.18. The van der Waals surface area contributed by atoms with Gasteiger partial charge in [0.15, 0.2) is 5.43 Å². The van der Waals surface area contributed by atoms with Gasteiger partial charge in [0, 0.05) is 54.2 Å². The number of aromatic amines is 1. The Balaban J connectivity index is 1.68. The lowest BCUT2D eigenvalue weighted by atomic mass is 9.91. The first-order valence-electron chi connectivity index (χ1n) is 12.1. The largest absolute Gasteiger partial charge is 0.369 e. The van der Waals surface area contributed by atoms with Crippen molar-refractivity contribution in [2.75, 3.05) is 38.1 Å². The van der Waals surface area contributed by atoms with Gasteiger partial charge >= 0.3 is 0 Å². The molecule has 0 amide bonds. The molecule has 1 saturated heterocycles. The minimum atomic E-state index is 0.0890. The molecule has 6 rings (SSSR count). The van der Waals surface area contributed by atoms with Crippen LogP contribution in [0.3, 0.4) is 0 Å². The molecule has 0 spiro atoms. The fourth-order valence-electron chi connectivity index (χ4n) is 5.57. The number of nitriles is 1. The van der Waals surface area contributed by atoms with Crippen LogP contribution in [0.5, 0.6) is 0 Å². The molecule has 6 nitrogen and oxygen atoms in total. The summed E-state index contributed by atoms with van der Waals surface area (Å²) in [5.74, 6) is 0. The van der Waals surface area contributed by atoms with Crippen molar-refractivity contribution in [3.8, 4) is 6.07 Å². The molecule has 168 valence electrons. The number of piperazine rings is 1. The smallest absolute Gasteiger partial charge is 0.199 e. The molecule has 0 unspecified atom stereocenters. The minimum Gasteiger partial charge on any atom is -0.369 e. The van der Waals surface area contributed by atoms with E-state index in [1.165, 1.54) is 17.7 Å². The Morgan fingerprint density at radius 2 is 1.88 bits per heavy atom. The zero-order chi connectivity index (χ0) is 22.7. The number of pyridine rings is 1. The van der Waals surface area contributed by atoms with Crippen LogP contribution >= 0.6 is 0 Å². The summed E-state index contributed by atoms with van der Waals surface area (Å²) < 4.78 is 2.39. The summed E-state index contributed by atoms with van der Waals surface area (Å²) in [4.78, 5) is 22.3. The fourth-order valence-corrected chi connectivity index (χ4v) is 5.57. The zero-order valence-electron chi connectivity index (χ0n) is 19.3. The molecule has 0 radical (unpaired) electrons. The number of benzene rings is 2. The Hall–Kier alpha value is -3.30. The van der Waals surface area contributed by atoms with Crippen LogP contribution in [-0.2, 0) is 6.42 Å². The highest BCUT2D eigenvalue weighted by Gasteiger charge is 2.27. The number of likely N-dealkylation sites (N-methyl/N-ethyl adjacent to an activating group) is 1. The van der Waals surface area contributed by atoms with Gasteiger partial charge in [-0.2, -0.15) is 5.26 Å². The van der Waals surface area contributed by atoms with E-state index < -0.39 is 0 Å². The molecule has 1 N–H and O–H groups in total. The lowest BCUT2D eigenvalue weighted by molar-refractivity contribution is 0.312. The van der Waals surface area contributed by atoms with Gasteiger partial charge in [-0.05, 0) is 62.6 Å². The highest BCUT2D eigenvalue weighted by molar-refractivity contribution is 6.10. The maximum Gasteiger partial charge on any atom is 0.199 e. The van der Waals surface area contributed by atoms with Crippen LogP contribution in [-0.4, -0.2) is 47.7 Å². The number of rotatable bonds is 3. The van der Waals surface area contributed by atoms with Gasteiger partial charge < -0.3 is 19.4 Å². The van der Waals surface area contributed by atoms with E-state index in [0.29, 0.717) is 11.6 Å². The van der Waals surface area contributed by atoms with Crippen molar-refractivity contribution in [3.63, 3.8) is 0 Å². The van der Waals surface area contributed by atoms with Crippen LogP contribution in [0.25, 0.3) is 32.8 Å². The highest BCUT2D eigenvalue weighted by Crippen LogP contribution is 2.39. The number of nitrogens with zero attached hydrogens (tertiary/aromatic N) is 4. The zero-order valence-corrected chi connectivity index (χ0v) is 19.3. The molecule has 1 saturated carbocycles. The molecule has 4 aromatic rings. The fraction of sp³-hybridized carbons (Fsp3) is 0.407. The van der Waals surface area contributed by atoms with Crippen molar-refractivity contribution < 1.29 is 0 Å². The van der Waals surface area contributed by atoms with E-state index in [9.17, 15) is 10.1 Å². The third kappa shape index (κ3) is 3.07. The van der Waals surface area contributed by atoms with Crippen LogP contribution in [0, 0.1) is 11.3 Å². The third-order valence-electron chi connectivity index (χ3n) is 7.74. The standard InChI is InChI=1S/C27H29N5O/c1-3-18-14-21-24(15-23(18)31-11-9-30(2)10-12-31)32(19-5-4-6-19)27-25(26(21)33)20-8-7-17(16-28)13-22(20)29-27/h7-8,13-15,19,29H,3-6,9-12H2,1-2H3. The van der Waals surface area contributed by atoms with Crippen LogP contribution in [0.4, 0.5) is 5.69 Å². The van der Waals surface area contributed by atoms with Crippen molar-refractivity contribution in [1.29, 1.82) is 5.26 Å². The third-order valence-corrected chi connectivity index (χ3v) is 7.74. The van der Waals surface area contributed by atoms with E-state index in [1.807, 2.05) is 12.1 Å². The summed E-state index contributed by atoms with van der Waals surface area (Å²) >= 11 is 0. The number of hydrogen-bond donors (Lipinski definition) is 1. The van der Waals surface area contributed by atoms with Gasteiger partial charge in [0.25, 0.3) is 0 Å². The van der Waals surface area contributed by atoms with Gasteiger partial charge in [-0.25, -0.2) is 0 Å². The van der Waals surface area contributed by atoms with Gasteiger partial charge in [-0.1, -0.05) is 13.0 Å². The van der Waals surface area contributed by atoms with Crippen molar-refractivity contribution in [3.05, 3.63) is 51.7 Å². The van der Waals surface area contributed by atoms with Gasteiger partial charge in [0.2, 0.25) is 0 Å². The predicted octanol–water partition coefficient (Wildman–Crippen LogP) is 4.55. The number of nitrogens with one attached hydrogen (secondary N) is 1. The summed E-state index contributed by atoms with van der Waals surface area (Å²) in [5.41, 5.74) is 6.01. The SMILES string of the molecule is CCc1cc2c(=O)c3c4ccc(C#N)cc4[nH]c3n(C3CCC3)c2cc1N1CCN(C)CC1. The van der Waals surface area contributed by atoms with E-state index in [2.05, 4.69) is 51.5 Å². The molecule has 1 aliphatic heterocycles. The first-order valence-corrected chi connectivity index (χ1v) is 12.1. The van der Waals surface area contributed by atoms with Crippen LogP contribution < -0.4 is 10.3 Å². The summed E-state index contributed by atoms with van der Waals surface area (Å²) in [6.07, 6.45) is 4.38. The topological polar surface area (TPSA) is 68.1 Å². The lowest BCUT2D eigenvalue weighted by Crippen LogP contribution is -2.44. The van der Waals surface area contributed by atoms with Gasteiger partial charge in [0.05, 0.1) is 22.5 Å². The second kappa shape index (κ2) is 7.64. The lowest BCUT2D eigenvalue weighted by Gasteiger charge is -2.36. The average molecular weight is 440 g/mol. The van der Waals surface area contributed by atoms with Gasteiger partial charge in [-0.3, -0.25) is 4.79 Å². The molecule has 2 aromatic carbocycles. The summed E-state index contributed by atoms with van der Waals surface area (Å²) in [6, 6.07) is 12.6. The number of aryl methyl sites for hydroxylation is 1. The van der Waals surface area contributed by atoms with Crippen molar-refractivity contribution >= 4 is 38.5 Å². The Morgan fingerprint density at radius 1 is 1.09 bits per heavy atom. The van der Waals surface area contributed by atoms with E-state index in [4.69, 9.17) is 0 Å². The summed E-state index contributed by atoms with van der Waals surface area (Å²) in [6.45, 7) is 6.30. The maximum atomic E-state index is 13.9. The van der Waals surface area contributed by atoms with E-state index in [1.54, 1.807) is 6.07 Å². The number of fused-ring (bicyclic) bond motifs is 4. The van der Waals surface area contributed by atoms with E-state index in [0.717, 1.165) is 78.3 Å². The van der Waals surface area contributed by atoms with Gasteiger partial charge in [0.1, 0.15) is 5.65 Å². The number of hydrogen-bond acceptors (Lipinski definition) is 4. The van der Waals surface area contributed by atoms with Crippen LogP contribution in [0.2, 0.25) is 0 Å². The van der Waals surface area contributed by atoms with Gasteiger partial charge in [-0.15, -0.1) is 0 Å². The molecular weight excluding hydrogens is 410 g/mol. The molecule has 3 heterocycles. The van der Waals surface area contributed by atoms with E-state index >= 15 is 0 Å². The normalized spacial score (nSPS) is 17.7. The molecule has 2 fully saturated rings. The molecule has 2 aromatic heterocycles. The van der Waals surface area contributed by atoms with Crippen LogP contribution in [0.15, 0.2) is 35.1 Å². The van der Waals surface area contributed by atoms with Crippen LogP contribution in [0.1, 0.15) is 43.4 Å². The molecule has 33 heavy (non-hydrogen) atoms. The maximum absolute atomic E-state index is 13.9.